The van der Waals surface area contributed by atoms with Gasteiger partial charge in [-0.3, -0.25) is 9.59 Å². The van der Waals surface area contributed by atoms with Crippen LogP contribution in [0.3, 0.4) is 0 Å². The summed E-state index contributed by atoms with van der Waals surface area (Å²) in [5, 5.41) is 3.70. The van der Waals surface area contributed by atoms with E-state index in [0.717, 1.165) is 5.82 Å². The summed E-state index contributed by atoms with van der Waals surface area (Å²) in [6, 6.07) is 1.83. The lowest BCUT2D eigenvalue weighted by Gasteiger charge is -2.40. The minimum Gasteiger partial charge on any atom is -0.355 e. The average molecular weight is 400 g/mol. The van der Waals surface area contributed by atoms with Crippen LogP contribution in [0.5, 0.6) is 0 Å². The SMILES string of the molecule is CC(=O)N1CCN(c2cc(Cl)nc(SCC(=O)NCC(C)C)n2)C[C@@H]1C. The van der Waals surface area contributed by atoms with Crippen LogP contribution >= 0.6 is 23.4 Å². The van der Waals surface area contributed by atoms with E-state index in [0.29, 0.717) is 42.4 Å². The van der Waals surface area contributed by atoms with E-state index >= 15 is 0 Å². The Morgan fingerprint density at radius 3 is 2.73 bits per heavy atom. The van der Waals surface area contributed by atoms with Crippen molar-refractivity contribution >= 4 is 41.0 Å². The minimum absolute atomic E-state index is 0.0440. The molecule has 0 aromatic carbocycles. The molecule has 1 aromatic heterocycles. The van der Waals surface area contributed by atoms with Crippen molar-refractivity contribution in [1.29, 1.82) is 0 Å². The highest BCUT2D eigenvalue weighted by Crippen LogP contribution is 2.24. The number of hydrogen-bond donors (Lipinski definition) is 1. The summed E-state index contributed by atoms with van der Waals surface area (Å²) < 4.78 is 0. The summed E-state index contributed by atoms with van der Waals surface area (Å²) in [6.07, 6.45) is 0. The van der Waals surface area contributed by atoms with E-state index in [1.165, 1.54) is 11.8 Å². The summed E-state index contributed by atoms with van der Waals surface area (Å²) in [6.45, 7) is 10.4. The van der Waals surface area contributed by atoms with Crippen molar-refractivity contribution in [3.8, 4) is 0 Å². The van der Waals surface area contributed by atoms with Gasteiger partial charge in [-0.1, -0.05) is 37.2 Å². The predicted molar refractivity (Wildman–Crippen MR) is 105 cm³/mol. The number of carbonyl (C=O) groups excluding carboxylic acids is 2. The zero-order valence-electron chi connectivity index (χ0n) is 15.7. The number of amides is 2. The van der Waals surface area contributed by atoms with Gasteiger partial charge in [0.25, 0.3) is 0 Å². The molecule has 1 aliphatic heterocycles. The molecule has 9 heteroatoms. The van der Waals surface area contributed by atoms with Crippen LogP contribution in [0.15, 0.2) is 11.2 Å². The number of nitrogens with one attached hydrogen (secondary N) is 1. The Hall–Kier alpha value is -1.54. The van der Waals surface area contributed by atoms with Crippen LogP contribution in [0.4, 0.5) is 5.82 Å². The topological polar surface area (TPSA) is 78.4 Å². The molecular weight excluding hydrogens is 374 g/mol. The monoisotopic (exact) mass is 399 g/mol. The molecule has 2 heterocycles. The fourth-order valence-corrected chi connectivity index (χ4v) is 3.66. The molecule has 0 spiro atoms. The van der Waals surface area contributed by atoms with Gasteiger partial charge in [0.05, 0.1) is 5.75 Å². The van der Waals surface area contributed by atoms with Crippen LogP contribution in [-0.4, -0.2) is 64.7 Å². The number of carbonyl (C=O) groups is 2. The summed E-state index contributed by atoms with van der Waals surface area (Å²) in [5.41, 5.74) is 0. The van der Waals surface area contributed by atoms with E-state index in [-0.39, 0.29) is 23.6 Å². The summed E-state index contributed by atoms with van der Waals surface area (Å²) in [4.78, 5) is 36.2. The van der Waals surface area contributed by atoms with Gasteiger partial charge in [-0.05, 0) is 12.8 Å². The molecule has 0 aliphatic carbocycles. The second kappa shape index (κ2) is 9.41. The van der Waals surface area contributed by atoms with Gasteiger partial charge in [-0.25, -0.2) is 9.97 Å². The number of halogens is 1. The second-order valence-electron chi connectivity index (χ2n) is 6.83. The highest BCUT2D eigenvalue weighted by molar-refractivity contribution is 7.99. The first-order valence-electron chi connectivity index (χ1n) is 8.72. The molecular formula is C17H26ClN5O2S. The fourth-order valence-electron chi connectivity index (χ4n) is 2.74. The van der Waals surface area contributed by atoms with Crippen molar-refractivity contribution in [1.82, 2.24) is 20.2 Å². The number of aromatic nitrogens is 2. The van der Waals surface area contributed by atoms with Crippen molar-refractivity contribution in [2.24, 2.45) is 5.92 Å². The molecule has 1 saturated heterocycles. The highest BCUT2D eigenvalue weighted by Gasteiger charge is 2.26. The van der Waals surface area contributed by atoms with Gasteiger partial charge in [0.1, 0.15) is 11.0 Å². The maximum atomic E-state index is 11.9. The molecule has 2 rings (SSSR count). The van der Waals surface area contributed by atoms with Gasteiger partial charge in [0, 0.05) is 45.2 Å². The van der Waals surface area contributed by atoms with Gasteiger partial charge in [0.2, 0.25) is 11.8 Å². The molecule has 1 fully saturated rings. The fraction of sp³-hybridized carbons (Fsp3) is 0.647. The Balaban J connectivity index is 1.99. The maximum Gasteiger partial charge on any atom is 0.230 e. The van der Waals surface area contributed by atoms with Crippen molar-refractivity contribution in [3.05, 3.63) is 11.2 Å². The maximum absolute atomic E-state index is 11.9. The van der Waals surface area contributed by atoms with Crippen LogP contribution in [0.1, 0.15) is 27.7 Å². The van der Waals surface area contributed by atoms with Gasteiger partial charge < -0.3 is 15.1 Å². The number of thioether (sulfide) groups is 1. The van der Waals surface area contributed by atoms with Crippen LogP contribution in [0.25, 0.3) is 0 Å². The van der Waals surface area contributed by atoms with Gasteiger partial charge >= 0.3 is 0 Å². The molecule has 0 radical (unpaired) electrons. The highest BCUT2D eigenvalue weighted by atomic mass is 35.5. The molecule has 26 heavy (non-hydrogen) atoms. The minimum atomic E-state index is -0.0440. The molecule has 2 amide bonds. The summed E-state index contributed by atoms with van der Waals surface area (Å²) in [5.74, 6) is 1.43. The standard InChI is InChI=1S/C17H26ClN5O2S/c1-11(2)8-19-16(25)10-26-17-20-14(18)7-15(21-17)22-5-6-23(13(4)24)12(3)9-22/h7,11-12H,5-6,8-10H2,1-4H3,(H,19,25)/t12-/m0/s1. The third-order valence-electron chi connectivity index (χ3n) is 4.06. The molecule has 1 atom stereocenters. The molecule has 1 aliphatic rings. The third kappa shape index (κ3) is 6.02. The van der Waals surface area contributed by atoms with E-state index in [9.17, 15) is 9.59 Å². The Bertz CT molecular complexity index is 658. The molecule has 0 saturated carbocycles. The first-order valence-corrected chi connectivity index (χ1v) is 10.1. The smallest absolute Gasteiger partial charge is 0.230 e. The van der Waals surface area contributed by atoms with Crippen LogP contribution in [0, 0.1) is 5.92 Å². The molecule has 7 nitrogen and oxygen atoms in total. The van der Waals surface area contributed by atoms with Crippen molar-refractivity contribution in [3.63, 3.8) is 0 Å². The first kappa shape index (κ1) is 20.8. The molecule has 1 aromatic rings. The lowest BCUT2D eigenvalue weighted by molar-refractivity contribution is -0.131. The quantitative estimate of drug-likeness (QED) is 0.448. The van der Waals surface area contributed by atoms with Crippen molar-refractivity contribution < 1.29 is 9.59 Å². The number of piperazine rings is 1. The number of rotatable bonds is 6. The van der Waals surface area contributed by atoms with E-state index in [1.807, 2.05) is 25.7 Å². The zero-order chi connectivity index (χ0) is 19.3. The van der Waals surface area contributed by atoms with Gasteiger partial charge in [-0.15, -0.1) is 0 Å². The average Bonchev–Trinajstić information content (AvgIpc) is 2.57. The first-order chi connectivity index (χ1) is 12.3. The van der Waals surface area contributed by atoms with E-state index in [4.69, 9.17) is 11.6 Å². The third-order valence-corrected chi connectivity index (χ3v) is 5.10. The lowest BCUT2D eigenvalue weighted by atomic mass is 10.2. The number of hydrogen-bond acceptors (Lipinski definition) is 6. The van der Waals surface area contributed by atoms with Crippen LogP contribution in [0.2, 0.25) is 5.15 Å². The Morgan fingerprint density at radius 2 is 2.12 bits per heavy atom. The largest absolute Gasteiger partial charge is 0.355 e. The van der Waals surface area contributed by atoms with Crippen molar-refractivity contribution in [2.75, 3.05) is 36.8 Å². The van der Waals surface area contributed by atoms with E-state index in [1.54, 1.807) is 13.0 Å². The predicted octanol–water partition coefficient (Wildman–Crippen LogP) is 2.05. The van der Waals surface area contributed by atoms with E-state index < -0.39 is 0 Å². The number of nitrogens with zero attached hydrogens (tertiary/aromatic N) is 4. The normalized spacial score (nSPS) is 17.5. The van der Waals surface area contributed by atoms with E-state index in [2.05, 4.69) is 20.2 Å². The molecule has 144 valence electrons. The second-order valence-corrected chi connectivity index (χ2v) is 8.16. The number of anilines is 1. The Labute approximate surface area is 163 Å². The van der Waals surface area contributed by atoms with Gasteiger partial charge in [0.15, 0.2) is 5.16 Å². The van der Waals surface area contributed by atoms with Crippen molar-refractivity contribution in [2.45, 2.75) is 38.9 Å². The Kier molecular flexibility index (Phi) is 7.52. The Morgan fingerprint density at radius 1 is 1.38 bits per heavy atom. The molecule has 1 N–H and O–H groups in total. The lowest BCUT2D eigenvalue weighted by Crippen LogP contribution is -2.53. The molecule has 0 unspecified atom stereocenters. The zero-order valence-corrected chi connectivity index (χ0v) is 17.2. The van der Waals surface area contributed by atoms with Crippen LogP contribution in [-0.2, 0) is 9.59 Å². The summed E-state index contributed by atoms with van der Waals surface area (Å²) >= 11 is 7.42. The molecule has 0 bridgehead atoms. The summed E-state index contributed by atoms with van der Waals surface area (Å²) in [7, 11) is 0. The van der Waals surface area contributed by atoms with Gasteiger partial charge in [-0.2, -0.15) is 0 Å². The van der Waals surface area contributed by atoms with Crippen LogP contribution < -0.4 is 10.2 Å².